The number of rotatable bonds is 3. The molecule has 2 aromatic carbocycles. The van der Waals surface area contributed by atoms with Gasteiger partial charge in [-0.05, 0) is 23.8 Å². The lowest BCUT2D eigenvalue weighted by atomic mass is 10.1. The van der Waals surface area contributed by atoms with Gasteiger partial charge in [0, 0.05) is 18.2 Å². The van der Waals surface area contributed by atoms with Gasteiger partial charge in [0.05, 0.1) is 26.2 Å². The molecule has 0 atom stereocenters. The molecule has 2 aromatic rings. The van der Waals surface area contributed by atoms with E-state index in [1.807, 2.05) is 0 Å². The smallest absolute Gasteiger partial charge is 0.269 e. The molecule has 8 heteroatoms. The van der Waals surface area contributed by atoms with Crippen LogP contribution in [0.25, 0.3) is 5.57 Å². The Morgan fingerprint density at radius 3 is 2.42 bits per heavy atom. The van der Waals surface area contributed by atoms with Crippen LogP contribution in [0.15, 0.2) is 48.5 Å². The van der Waals surface area contributed by atoms with Crippen LogP contribution in [0.1, 0.15) is 5.56 Å². The summed E-state index contributed by atoms with van der Waals surface area (Å²) in [5.41, 5.74) is 0.484. The normalized spacial score (nSPS) is 14.1. The molecule has 3 rings (SSSR count). The average molecular weight is 363 g/mol. The minimum atomic E-state index is -0.584. The number of benzene rings is 2. The van der Waals surface area contributed by atoms with Crippen LogP contribution in [0.4, 0.5) is 11.4 Å². The lowest BCUT2D eigenvalue weighted by molar-refractivity contribution is -0.384. The number of nitro groups is 1. The number of halogens is 2. The number of nitrogens with zero attached hydrogens (tertiary/aromatic N) is 2. The molecule has 0 bridgehead atoms. The minimum Gasteiger partial charge on any atom is -0.269 e. The maximum atomic E-state index is 12.6. The van der Waals surface area contributed by atoms with Crippen LogP contribution in [-0.4, -0.2) is 16.7 Å². The zero-order valence-electron chi connectivity index (χ0n) is 11.9. The molecular formula is C16H8Cl2N2O4. The second-order valence-corrected chi connectivity index (χ2v) is 5.76. The molecule has 0 spiro atoms. The second kappa shape index (κ2) is 6.07. The third-order valence-corrected chi connectivity index (χ3v) is 4.19. The SMILES string of the molecule is O=C1C=C(c2cccc([N+](=O)[O-])c2)C(=O)N1c1ccc(Cl)c(Cl)c1. The van der Waals surface area contributed by atoms with E-state index in [-0.39, 0.29) is 22.0 Å². The highest BCUT2D eigenvalue weighted by molar-refractivity contribution is 6.45. The minimum absolute atomic E-state index is 0.0785. The summed E-state index contributed by atoms with van der Waals surface area (Å²) in [6, 6.07) is 9.91. The van der Waals surface area contributed by atoms with Crippen LogP contribution in [0.2, 0.25) is 10.0 Å². The third-order valence-electron chi connectivity index (χ3n) is 3.45. The molecule has 0 radical (unpaired) electrons. The molecule has 1 aliphatic rings. The van der Waals surface area contributed by atoms with E-state index in [1.54, 1.807) is 0 Å². The van der Waals surface area contributed by atoms with Gasteiger partial charge in [-0.3, -0.25) is 19.7 Å². The Labute approximate surface area is 146 Å². The Morgan fingerprint density at radius 2 is 1.75 bits per heavy atom. The maximum absolute atomic E-state index is 12.6. The van der Waals surface area contributed by atoms with Gasteiger partial charge in [0.15, 0.2) is 0 Å². The van der Waals surface area contributed by atoms with Gasteiger partial charge < -0.3 is 0 Å². The average Bonchev–Trinajstić information content (AvgIpc) is 2.85. The summed E-state index contributed by atoms with van der Waals surface area (Å²) in [5, 5.41) is 11.4. The van der Waals surface area contributed by atoms with Crippen molar-refractivity contribution < 1.29 is 14.5 Å². The van der Waals surface area contributed by atoms with Crippen molar-refractivity contribution in [2.24, 2.45) is 0 Å². The largest absolute Gasteiger partial charge is 0.270 e. The Kier molecular flexibility index (Phi) is 4.09. The van der Waals surface area contributed by atoms with Crippen molar-refractivity contribution in [1.29, 1.82) is 0 Å². The molecule has 1 heterocycles. The van der Waals surface area contributed by atoms with E-state index in [4.69, 9.17) is 23.2 Å². The first-order chi connectivity index (χ1) is 11.4. The molecule has 2 amide bonds. The standard InChI is InChI=1S/C16H8Cl2N2O4/c17-13-5-4-10(7-14(13)18)19-15(21)8-12(16(19)22)9-2-1-3-11(6-9)20(23)24/h1-8H. The molecule has 6 nitrogen and oxygen atoms in total. The number of carbonyl (C=O) groups is 2. The van der Waals surface area contributed by atoms with E-state index < -0.39 is 16.7 Å². The lowest BCUT2D eigenvalue weighted by Gasteiger charge is -2.15. The van der Waals surface area contributed by atoms with Crippen molar-refractivity contribution >= 4 is 52.0 Å². The zero-order chi connectivity index (χ0) is 17.4. The number of hydrogen-bond donors (Lipinski definition) is 0. The molecule has 0 unspecified atom stereocenters. The van der Waals surface area contributed by atoms with Gasteiger partial charge in [0.1, 0.15) is 0 Å². The van der Waals surface area contributed by atoms with Crippen LogP contribution < -0.4 is 4.90 Å². The lowest BCUT2D eigenvalue weighted by Crippen LogP contribution is -2.30. The fraction of sp³-hybridized carbons (Fsp3) is 0. The van der Waals surface area contributed by atoms with Crippen molar-refractivity contribution in [3.63, 3.8) is 0 Å². The molecule has 24 heavy (non-hydrogen) atoms. The van der Waals surface area contributed by atoms with Crippen molar-refractivity contribution in [3.8, 4) is 0 Å². The first-order valence-electron chi connectivity index (χ1n) is 6.68. The monoisotopic (exact) mass is 362 g/mol. The molecule has 120 valence electrons. The van der Waals surface area contributed by atoms with Crippen molar-refractivity contribution in [1.82, 2.24) is 0 Å². The number of hydrogen-bond acceptors (Lipinski definition) is 4. The molecule has 0 aromatic heterocycles. The topological polar surface area (TPSA) is 80.5 Å². The maximum Gasteiger partial charge on any atom is 0.270 e. The summed E-state index contributed by atoms with van der Waals surface area (Å²) in [5.74, 6) is -1.14. The summed E-state index contributed by atoms with van der Waals surface area (Å²) in [4.78, 5) is 36.0. The molecule has 0 aliphatic carbocycles. The summed E-state index contributed by atoms with van der Waals surface area (Å²) in [6.45, 7) is 0. The van der Waals surface area contributed by atoms with Crippen molar-refractivity contribution in [2.75, 3.05) is 4.90 Å². The van der Waals surface area contributed by atoms with Gasteiger partial charge in [0.2, 0.25) is 0 Å². The van der Waals surface area contributed by atoms with Crippen LogP contribution in [0.3, 0.4) is 0 Å². The van der Waals surface area contributed by atoms with Gasteiger partial charge in [-0.25, -0.2) is 4.90 Å². The van der Waals surface area contributed by atoms with Gasteiger partial charge >= 0.3 is 0 Å². The second-order valence-electron chi connectivity index (χ2n) is 4.94. The molecule has 0 saturated heterocycles. The molecule has 0 saturated carbocycles. The van der Waals surface area contributed by atoms with Gasteiger partial charge in [-0.2, -0.15) is 0 Å². The van der Waals surface area contributed by atoms with E-state index in [9.17, 15) is 19.7 Å². The summed E-state index contributed by atoms with van der Waals surface area (Å²) in [7, 11) is 0. The number of carbonyl (C=O) groups excluding carboxylic acids is 2. The number of non-ortho nitro benzene ring substituents is 1. The highest BCUT2D eigenvalue weighted by Gasteiger charge is 2.33. The van der Waals surface area contributed by atoms with E-state index in [0.717, 1.165) is 11.0 Å². The predicted molar refractivity (Wildman–Crippen MR) is 90.0 cm³/mol. The third kappa shape index (κ3) is 2.77. The fourth-order valence-electron chi connectivity index (χ4n) is 2.33. The summed E-state index contributed by atoms with van der Waals surface area (Å²) < 4.78 is 0. The Bertz CT molecular complexity index is 924. The van der Waals surface area contributed by atoms with Gasteiger partial charge in [-0.1, -0.05) is 35.3 Å². The van der Waals surface area contributed by atoms with Gasteiger partial charge in [0.25, 0.3) is 17.5 Å². The highest BCUT2D eigenvalue weighted by atomic mass is 35.5. The van der Waals surface area contributed by atoms with E-state index in [2.05, 4.69) is 0 Å². The quantitative estimate of drug-likeness (QED) is 0.471. The Morgan fingerprint density at radius 1 is 1.00 bits per heavy atom. The molecule has 1 aliphatic heterocycles. The van der Waals surface area contributed by atoms with Gasteiger partial charge in [-0.15, -0.1) is 0 Å². The van der Waals surface area contributed by atoms with Crippen LogP contribution in [0.5, 0.6) is 0 Å². The van der Waals surface area contributed by atoms with E-state index in [0.29, 0.717) is 10.6 Å². The highest BCUT2D eigenvalue weighted by Crippen LogP contribution is 2.33. The van der Waals surface area contributed by atoms with Crippen molar-refractivity contribution in [2.45, 2.75) is 0 Å². The fourth-order valence-corrected chi connectivity index (χ4v) is 2.63. The predicted octanol–water partition coefficient (Wildman–Crippen LogP) is 3.86. The van der Waals surface area contributed by atoms with Crippen LogP contribution in [-0.2, 0) is 9.59 Å². The number of nitro benzene ring substituents is 1. The summed E-state index contributed by atoms with van der Waals surface area (Å²) >= 11 is 11.8. The van der Waals surface area contributed by atoms with Crippen molar-refractivity contribution in [3.05, 3.63) is 74.3 Å². The zero-order valence-corrected chi connectivity index (χ0v) is 13.4. The van der Waals surface area contributed by atoms with Crippen LogP contribution >= 0.6 is 23.2 Å². The van der Waals surface area contributed by atoms with E-state index >= 15 is 0 Å². The summed E-state index contributed by atoms with van der Waals surface area (Å²) in [6.07, 6.45) is 1.14. The number of anilines is 1. The Hall–Kier alpha value is -2.70. The molecule has 0 fully saturated rings. The number of imide groups is 1. The number of amides is 2. The first-order valence-corrected chi connectivity index (χ1v) is 7.44. The van der Waals surface area contributed by atoms with Crippen LogP contribution in [0, 0.1) is 10.1 Å². The molecule has 0 N–H and O–H groups in total. The first kappa shape index (κ1) is 16.2. The Balaban J connectivity index is 1.99. The molecular weight excluding hydrogens is 355 g/mol. The van der Waals surface area contributed by atoms with E-state index in [1.165, 1.54) is 42.5 Å².